The Morgan fingerprint density at radius 2 is 2.50 bits per heavy atom. The summed E-state index contributed by atoms with van der Waals surface area (Å²) in [6.45, 7) is 3.53. The fourth-order valence-electron chi connectivity index (χ4n) is 1.33. The highest BCUT2D eigenvalue weighted by Crippen LogP contribution is 2.26. The quantitative estimate of drug-likeness (QED) is 0.472. The van der Waals surface area contributed by atoms with E-state index in [9.17, 15) is 0 Å². The molecule has 0 spiro atoms. The van der Waals surface area contributed by atoms with E-state index in [-0.39, 0.29) is 5.79 Å². The van der Waals surface area contributed by atoms with Crippen LogP contribution in [0.15, 0.2) is 0 Å². The number of terminal acetylenes is 1. The van der Waals surface area contributed by atoms with E-state index < -0.39 is 0 Å². The maximum absolute atomic E-state index is 5.57. The molecule has 2 nitrogen and oxygen atoms in total. The number of rotatable bonds is 4. The molecule has 1 saturated heterocycles. The number of ether oxygens (including phenoxy) is 2. The molecule has 68 valence electrons. The lowest BCUT2D eigenvalue weighted by Gasteiger charge is -2.23. The zero-order chi connectivity index (χ0) is 8.86. The maximum Gasteiger partial charge on any atom is 0.165 e. The Kier molecular flexibility index (Phi) is 3.58. The van der Waals surface area contributed by atoms with Crippen molar-refractivity contribution in [2.45, 2.75) is 38.4 Å². The predicted molar refractivity (Wildman–Crippen MR) is 47.6 cm³/mol. The van der Waals surface area contributed by atoms with Crippen LogP contribution in [0.4, 0.5) is 0 Å². The highest BCUT2D eigenvalue weighted by Gasteiger charge is 2.29. The first-order chi connectivity index (χ1) is 5.77. The molecule has 1 rings (SSSR count). The van der Waals surface area contributed by atoms with Gasteiger partial charge in [-0.3, -0.25) is 0 Å². The second kappa shape index (κ2) is 4.49. The third-order valence-corrected chi connectivity index (χ3v) is 2.06. The minimum atomic E-state index is -0.325. The zero-order valence-corrected chi connectivity index (χ0v) is 7.64. The molecule has 1 atom stereocenters. The van der Waals surface area contributed by atoms with Crippen LogP contribution >= 0.6 is 0 Å². The van der Waals surface area contributed by atoms with Gasteiger partial charge in [-0.25, -0.2) is 0 Å². The van der Waals surface area contributed by atoms with Crippen LogP contribution in [0, 0.1) is 12.3 Å². The first-order valence-corrected chi connectivity index (χ1v) is 4.48. The molecule has 0 amide bonds. The lowest BCUT2D eigenvalue weighted by molar-refractivity contribution is -0.197. The van der Waals surface area contributed by atoms with Gasteiger partial charge in [0.25, 0.3) is 0 Å². The Morgan fingerprint density at radius 1 is 1.67 bits per heavy atom. The lowest BCUT2D eigenvalue weighted by atomic mass is 10.2. The van der Waals surface area contributed by atoms with E-state index in [0.29, 0.717) is 6.61 Å². The Bertz CT molecular complexity index is 163. The van der Waals surface area contributed by atoms with Crippen molar-refractivity contribution in [2.24, 2.45) is 0 Å². The average molecular weight is 168 g/mol. The van der Waals surface area contributed by atoms with Gasteiger partial charge in [0, 0.05) is 12.8 Å². The smallest absolute Gasteiger partial charge is 0.165 e. The summed E-state index contributed by atoms with van der Waals surface area (Å²) in [5, 5.41) is 0. The molecule has 1 unspecified atom stereocenters. The van der Waals surface area contributed by atoms with Gasteiger partial charge >= 0.3 is 0 Å². The molecule has 0 saturated carbocycles. The molecule has 0 N–H and O–H groups in total. The Hall–Kier alpha value is -0.520. The number of hydrogen-bond donors (Lipinski definition) is 0. The molecule has 0 aliphatic carbocycles. The van der Waals surface area contributed by atoms with Crippen molar-refractivity contribution < 1.29 is 9.47 Å². The molecule has 0 aromatic carbocycles. The van der Waals surface area contributed by atoms with E-state index in [0.717, 1.165) is 32.3 Å². The lowest BCUT2D eigenvalue weighted by Crippen LogP contribution is -2.27. The summed E-state index contributed by atoms with van der Waals surface area (Å²) in [5.74, 6) is 2.26. The van der Waals surface area contributed by atoms with Crippen LogP contribution in [0.25, 0.3) is 0 Å². The monoisotopic (exact) mass is 168 g/mol. The summed E-state index contributed by atoms with van der Waals surface area (Å²) in [5.41, 5.74) is 0. The van der Waals surface area contributed by atoms with E-state index in [1.807, 2.05) is 6.92 Å². The second-order valence-electron chi connectivity index (χ2n) is 3.24. The van der Waals surface area contributed by atoms with E-state index in [1.54, 1.807) is 0 Å². The topological polar surface area (TPSA) is 18.5 Å². The van der Waals surface area contributed by atoms with Crippen molar-refractivity contribution in [3.05, 3.63) is 0 Å². The summed E-state index contributed by atoms with van der Waals surface area (Å²) in [7, 11) is 0. The van der Waals surface area contributed by atoms with E-state index in [2.05, 4.69) is 5.92 Å². The van der Waals surface area contributed by atoms with Crippen molar-refractivity contribution >= 4 is 0 Å². The zero-order valence-electron chi connectivity index (χ0n) is 7.64. The summed E-state index contributed by atoms with van der Waals surface area (Å²) in [6, 6.07) is 0. The molecule has 0 radical (unpaired) electrons. The molecule has 0 bridgehead atoms. The van der Waals surface area contributed by atoms with Crippen LogP contribution < -0.4 is 0 Å². The third kappa shape index (κ3) is 2.84. The molecule has 1 heterocycles. The molecular weight excluding hydrogens is 152 g/mol. The summed E-state index contributed by atoms with van der Waals surface area (Å²) < 4.78 is 11.0. The van der Waals surface area contributed by atoms with Crippen LogP contribution in [0.5, 0.6) is 0 Å². The fourth-order valence-corrected chi connectivity index (χ4v) is 1.33. The predicted octanol–water partition coefficient (Wildman–Crippen LogP) is 1.94. The number of hydrogen-bond acceptors (Lipinski definition) is 2. The van der Waals surface area contributed by atoms with Gasteiger partial charge in [-0.1, -0.05) is 0 Å². The van der Waals surface area contributed by atoms with Gasteiger partial charge in [-0.05, 0) is 19.8 Å². The van der Waals surface area contributed by atoms with Gasteiger partial charge in [-0.15, -0.1) is 12.3 Å². The molecule has 1 fully saturated rings. The van der Waals surface area contributed by atoms with Crippen molar-refractivity contribution in [2.75, 3.05) is 13.2 Å². The number of unbranched alkanes of at least 4 members (excludes halogenated alkanes) is 1. The maximum atomic E-state index is 5.57. The highest BCUT2D eigenvalue weighted by atomic mass is 16.7. The normalized spacial score (nSPS) is 28.7. The SMILES string of the molecule is C#CCCCOC1(C)CCCO1. The Balaban J connectivity index is 2.09. The van der Waals surface area contributed by atoms with Crippen LogP contribution in [0.3, 0.4) is 0 Å². The highest BCUT2D eigenvalue weighted by molar-refractivity contribution is 4.83. The fraction of sp³-hybridized carbons (Fsp3) is 0.800. The van der Waals surface area contributed by atoms with Crippen molar-refractivity contribution in [1.82, 2.24) is 0 Å². The van der Waals surface area contributed by atoms with Crippen molar-refractivity contribution in [3.8, 4) is 12.3 Å². The van der Waals surface area contributed by atoms with Crippen LogP contribution in [-0.2, 0) is 9.47 Å². The van der Waals surface area contributed by atoms with Gasteiger partial charge < -0.3 is 9.47 Å². The molecule has 12 heavy (non-hydrogen) atoms. The van der Waals surface area contributed by atoms with Gasteiger partial charge in [0.05, 0.1) is 13.2 Å². The molecule has 0 aromatic heterocycles. The minimum absolute atomic E-state index is 0.325. The van der Waals surface area contributed by atoms with Crippen LogP contribution in [0.1, 0.15) is 32.6 Å². The van der Waals surface area contributed by atoms with Crippen molar-refractivity contribution in [3.63, 3.8) is 0 Å². The van der Waals surface area contributed by atoms with Gasteiger partial charge in [0.1, 0.15) is 0 Å². The standard InChI is InChI=1S/C10H16O2/c1-3-4-5-8-11-10(2)7-6-9-12-10/h1H,4-9H2,2H3. The second-order valence-corrected chi connectivity index (χ2v) is 3.24. The Labute approximate surface area is 74.2 Å². The van der Waals surface area contributed by atoms with E-state index in [1.165, 1.54) is 0 Å². The summed E-state index contributed by atoms with van der Waals surface area (Å²) >= 11 is 0. The van der Waals surface area contributed by atoms with Crippen LogP contribution in [0.2, 0.25) is 0 Å². The van der Waals surface area contributed by atoms with Crippen molar-refractivity contribution in [1.29, 1.82) is 0 Å². The minimum Gasteiger partial charge on any atom is -0.350 e. The van der Waals surface area contributed by atoms with Gasteiger partial charge in [0.2, 0.25) is 0 Å². The first-order valence-electron chi connectivity index (χ1n) is 4.48. The van der Waals surface area contributed by atoms with Gasteiger partial charge in [0.15, 0.2) is 5.79 Å². The molecule has 1 aliphatic heterocycles. The largest absolute Gasteiger partial charge is 0.350 e. The molecule has 0 aromatic rings. The van der Waals surface area contributed by atoms with E-state index in [4.69, 9.17) is 15.9 Å². The molecule has 1 aliphatic rings. The summed E-state index contributed by atoms with van der Waals surface area (Å²) in [4.78, 5) is 0. The van der Waals surface area contributed by atoms with Gasteiger partial charge in [-0.2, -0.15) is 0 Å². The average Bonchev–Trinajstić information content (AvgIpc) is 2.47. The van der Waals surface area contributed by atoms with Crippen LogP contribution in [-0.4, -0.2) is 19.0 Å². The van der Waals surface area contributed by atoms with E-state index >= 15 is 0 Å². The molecular formula is C10H16O2. The Morgan fingerprint density at radius 3 is 3.08 bits per heavy atom. The first kappa shape index (κ1) is 9.57. The summed E-state index contributed by atoms with van der Waals surface area (Å²) in [6.07, 6.45) is 8.94. The third-order valence-electron chi connectivity index (χ3n) is 2.06. The molecule has 2 heteroatoms.